The zero-order valence-corrected chi connectivity index (χ0v) is 10.1. The number of hydrogen-bond donors (Lipinski definition) is 1. The van der Waals surface area contributed by atoms with Crippen molar-refractivity contribution >= 4 is 0 Å². The van der Waals surface area contributed by atoms with Gasteiger partial charge in [-0.3, -0.25) is 14.3 Å². The average Bonchev–Trinajstić information content (AvgIpc) is 2.19. The van der Waals surface area contributed by atoms with Gasteiger partial charge in [0.1, 0.15) is 0 Å². The molecule has 0 amide bonds. The predicted molar refractivity (Wildman–Crippen MR) is 66.9 cm³/mol. The lowest BCUT2D eigenvalue weighted by Gasteiger charge is -2.12. The highest BCUT2D eigenvalue weighted by molar-refractivity contribution is 5.43. The molecule has 0 saturated heterocycles. The van der Waals surface area contributed by atoms with E-state index in [-0.39, 0.29) is 5.56 Å². The van der Waals surface area contributed by atoms with Gasteiger partial charge in [0.2, 0.25) is 0 Å². The summed E-state index contributed by atoms with van der Waals surface area (Å²) in [5.41, 5.74) is 2.80. The lowest BCUT2D eigenvalue weighted by Crippen LogP contribution is -2.30. The van der Waals surface area contributed by atoms with E-state index in [1.807, 2.05) is 32.0 Å². The van der Waals surface area contributed by atoms with Crippen molar-refractivity contribution in [2.75, 3.05) is 0 Å². The number of hydrogen-bond acceptors (Lipinski definition) is 2. The summed E-state index contributed by atoms with van der Waals surface area (Å²) in [6.07, 6.45) is 0. The number of rotatable bonds is 1. The molecule has 0 atom stereocenters. The minimum absolute atomic E-state index is 0.367. The van der Waals surface area contributed by atoms with Crippen molar-refractivity contribution in [3.05, 3.63) is 61.9 Å². The van der Waals surface area contributed by atoms with E-state index in [0.29, 0.717) is 5.69 Å². The highest BCUT2D eigenvalue weighted by atomic mass is 16.2. The lowest BCUT2D eigenvalue weighted by atomic mass is 10.1. The van der Waals surface area contributed by atoms with E-state index in [9.17, 15) is 9.59 Å². The van der Waals surface area contributed by atoms with Gasteiger partial charge in [0.25, 0.3) is 5.56 Å². The molecule has 0 radical (unpaired) electrons. The third-order valence-corrected chi connectivity index (χ3v) is 2.72. The van der Waals surface area contributed by atoms with Crippen LogP contribution in [-0.2, 0) is 0 Å². The maximum Gasteiger partial charge on any atom is 0.333 e. The SMILES string of the molecule is Cc1ccc(-n2c(C)cc(=O)[nH]c2=O)c(C)c1. The Balaban J connectivity index is 2.77. The molecule has 1 heterocycles. The summed E-state index contributed by atoms with van der Waals surface area (Å²) in [6, 6.07) is 7.25. The molecule has 88 valence electrons. The van der Waals surface area contributed by atoms with Crippen molar-refractivity contribution in [3.63, 3.8) is 0 Å². The Bertz CT molecular complexity index is 681. The second-order valence-electron chi connectivity index (χ2n) is 4.21. The van der Waals surface area contributed by atoms with Crippen LogP contribution < -0.4 is 11.2 Å². The molecule has 0 aliphatic rings. The van der Waals surface area contributed by atoms with E-state index < -0.39 is 5.69 Å². The predicted octanol–water partition coefficient (Wildman–Crippen LogP) is 1.45. The van der Waals surface area contributed by atoms with Gasteiger partial charge in [-0.05, 0) is 32.4 Å². The van der Waals surface area contributed by atoms with Gasteiger partial charge in [0.15, 0.2) is 0 Å². The van der Waals surface area contributed by atoms with Crippen LogP contribution in [0.3, 0.4) is 0 Å². The molecule has 1 N–H and O–H groups in total. The van der Waals surface area contributed by atoms with Crippen LogP contribution in [0.25, 0.3) is 5.69 Å². The Hall–Kier alpha value is -2.10. The van der Waals surface area contributed by atoms with Crippen molar-refractivity contribution in [1.82, 2.24) is 9.55 Å². The van der Waals surface area contributed by atoms with Gasteiger partial charge in [0, 0.05) is 11.8 Å². The van der Waals surface area contributed by atoms with Gasteiger partial charge in [-0.25, -0.2) is 4.79 Å². The summed E-state index contributed by atoms with van der Waals surface area (Å²) in [5.74, 6) is 0. The molecule has 1 aromatic heterocycles. The van der Waals surface area contributed by atoms with Crippen LogP contribution in [0, 0.1) is 20.8 Å². The Morgan fingerprint density at radius 3 is 2.35 bits per heavy atom. The molecule has 0 spiro atoms. The summed E-state index contributed by atoms with van der Waals surface area (Å²) >= 11 is 0. The van der Waals surface area contributed by atoms with Gasteiger partial charge < -0.3 is 0 Å². The normalized spacial score (nSPS) is 10.5. The highest BCUT2D eigenvalue weighted by Crippen LogP contribution is 2.14. The topological polar surface area (TPSA) is 54.9 Å². The lowest BCUT2D eigenvalue weighted by molar-refractivity contribution is 0.850. The summed E-state index contributed by atoms with van der Waals surface area (Å²) in [4.78, 5) is 25.2. The van der Waals surface area contributed by atoms with Gasteiger partial charge >= 0.3 is 5.69 Å². The van der Waals surface area contributed by atoms with Crippen LogP contribution >= 0.6 is 0 Å². The summed E-state index contributed by atoms with van der Waals surface area (Å²) in [5, 5.41) is 0. The third-order valence-electron chi connectivity index (χ3n) is 2.72. The van der Waals surface area contributed by atoms with Crippen LogP contribution in [0.4, 0.5) is 0 Å². The van der Waals surface area contributed by atoms with Crippen molar-refractivity contribution in [3.8, 4) is 5.69 Å². The fourth-order valence-electron chi connectivity index (χ4n) is 1.97. The quantitative estimate of drug-likeness (QED) is 0.806. The fraction of sp³-hybridized carbons (Fsp3) is 0.231. The molecule has 4 heteroatoms. The molecule has 1 aromatic carbocycles. The van der Waals surface area contributed by atoms with Crippen LogP contribution in [0.1, 0.15) is 16.8 Å². The highest BCUT2D eigenvalue weighted by Gasteiger charge is 2.07. The molecule has 0 unspecified atom stereocenters. The van der Waals surface area contributed by atoms with Crippen LogP contribution in [-0.4, -0.2) is 9.55 Å². The number of aromatic amines is 1. The van der Waals surface area contributed by atoms with Crippen molar-refractivity contribution in [2.24, 2.45) is 0 Å². The largest absolute Gasteiger partial charge is 0.333 e. The number of H-pyrrole nitrogens is 1. The standard InChI is InChI=1S/C13H14N2O2/c1-8-4-5-11(9(2)6-8)15-10(3)7-12(16)14-13(15)17/h4-7H,1-3H3,(H,14,16,17). The third kappa shape index (κ3) is 2.06. The summed E-state index contributed by atoms with van der Waals surface area (Å²) < 4.78 is 1.51. The molecule has 17 heavy (non-hydrogen) atoms. The molecule has 0 bridgehead atoms. The second-order valence-corrected chi connectivity index (χ2v) is 4.21. The minimum Gasteiger partial charge on any atom is -0.274 e. The summed E-state index contributed by atoms with van der Waals surface area (Å²) in [6.45, 7) is 5.69. The smallest absolute Gasteiger partial charge is 0.274 e. The van der Waals surface area contributed by atoms with Crippen LogP contribution in [0.2, 0.25) is 0 Å². The van der Waals surface area contributed by atoms with E-state index >= 15 is 0 Å². The monoisotopic (exact) mass is 230 g/mol. The van der Waals surface area contributed by atoms with E-state index in [1.54, 1.807) is 6.92 Å². The van der Waals surface area contributed by atoms with Gasteiger partial charge in [0.05, 0.1) is 5.69 Å². The second kappa shape index (κ2) is 4.05. The molecule has 0 saturated carbocycles. The Morgan fingerprint density at radius 2 is 1.76 bits per heavy atom. The zero-order chi connectivity index (χ0) is 12.6. The molecular weight excluding hydrogens is 216 g/mol. The van der Waals surface area contributed by atoms with Gasteiger partial charge in [-0.2, -0.15) is 0 Å². The van der Waals surface area contributed by atoms with Gasteiger partial charge in [-0.15, -0.1) is 0 Å². The average molecular weight is 230 g/mol. The number of aromatic nitrogens is 2. The Kier molecular flexibility index (Phi) is 2.71. The fourth-order valence-corrected chi connectivity index (χ4v) is 1.97. The number of benzene rings is 1. The number of aryl methyl sites for hydroxylation is 3. The molecule has 2 rings (SSSR count). The Morgan fingerprint density at radius 1 is 1.06 bits per heavy atom. The zero-order valence-electron chi connectivity index (χ0n) is 10.1. The minimum atomic E-state index is -0.401. The van der Waals surface area contributed by atoms with E-state index in [1.165, 1.54) is 10.6 Å². The van der Waals surface area contributed by atoms with Gasteiger partial charge in [-0.1, -0.05) is 17.7 Å². The first-order valence-electron chi connectivity index (χ1n) is 5.39. The Labute approximate surface area is 98.6 Å². The van der Waals surface area contributed by atoms with Crippen molar-refractivity contribution in [2.45, 2.75) is 20.8 Å². The molecule has 0 fully saturated rings. The van der Waals surface area contributed by atoms with Crippen molar-refractivity contribution < 1.29 is 0 Å². The molecular formula is C13H14N2O2. The van der Waals surface area contributed by atoms with E-state index in [4.69, 9.17) is 0 Å². The first-order chi connectivity index (χ1) is 7.99. The van der Waals surface area contributed by atoms with E-state index in [0.717, 1.165) is 16.8 Å². The molecule has 0 aliphatic carbocycles. The first kappa shape index (κ1) is 11.4. The number of nitrogens with zero attached hydrogens (tertiary/aromatic N) is 1. The number of nitrogens with one attached hydrogen (secondary N) is 1. The molecule has 4 nitrogen and oxygen atoms in total. The maximum atomic E-state index is 11.8. The van der Waals surface area contributed by atoms with Crippen LogP contribution in [0.5, 0.6) is 0 Å². The van der Waals surface area contributed by atoms with E-state index in [2.05, 4.69) is 4.98 Å². The molecule has 2 aromatic rings. The summed E-state index contributed by atoms with van der Waals surface area (Å²) in [7, 11) is 0. The van der Waals surface area contributed by atoms with Crippen LogP contribution in [0.15, 0.2) is 33.9 Å². The van der Waals surface area contributed by atoms with Crippen molar-refractivity contribution in [1.29, 1.82) is 0 Å². The molecule has 0 aliphatic heterocycles. The maximum absolute atomic E-state index is 11.8. The first-order valence-corrected chi connectivity index (χ1v) is 5.39.